The maximum Gasteiger partial charge on any atom is 0.258 e. The molecule has 0 aliphatic heterocycles. The average Bonchev–Trinajstić information content (AvgIpc) is 2.36. The van der Waals surface area contributed by atoms with Crippen molar-refractivity contribution in [3.8, 4) is 0 Å². The van der Waals surface area contributed by atoms with E-state index in [9.17, 15) is 18.0 Å². The van der Waals surface area contributed by atoms with Crippen molar-refractivity contribution >= 4 is 17.3 Å². The van der Waals surface area contributed by atoms with Crippen LogP contribution in [0, 0.1) is 17.5 Å². The lowest BCUT2D eigenvalue weighted by molar-refractivity contribution is 0.102. The lowest BCUT2D eigenvalue weighted by atomic mass is 10.1. The zero-order valence-electron chi connectivity index (χ0n) is 9.58. The minimum Gasteiger partial charge on any atom is -0.399 e. The normalized spacial score (nSPS) is 10.3. The van der Waals surface area contributed by atoms with Crippen molar-refractivity contribution in [2.75, 3.05) is 11.1 Å². The number of amides is 1. The van der Waals surface area contributed by atoms with Gasteiger partial charge in [-0.15, -0.1) is 0 Å². The van der Waals surface area contributed by atoms with Gasteiger partial charge in [-0.05, 0) is 30.3 Å². The third-order valence-corrected chi connectivity index (χ3v) is 2.41. The molecule has 0 spiro atoms. The Labute approximate surface area is 106 Å². The fourth-order valence-electron chi connectivity index (χ4n) is 1.50. The first-order valence-corrected chi connectivity index (χ1v) is 5.29. The zero-order chi connectivity index (χ0) is 14.0. The molecule has 0 aliphatic carbocycles. The Morgan fingerprint density at radius 2 is 1.68 bits per heavy atom. The predicted molar refractivity (Wildman–Crippen MR) is 65.1 cm³/mol. The molecule has 0 saturated heterocycles. The Morgan fingerprint density at radius 3 is 2.42 bits per heavy atom. The molecule has 0 saturated carbocycles. The molecule has 2 rings (SSSR count). The van der Waals surface area contributed by atoms with Gasteiger partial charge in [0.25, 0.3) is 5.91 Å². The molecule has 0 aliphatic rings. The van der Waals surface area contributed by atoms with Gasteiger partial charge in [-0.3, -0.25) is 4.79 Å². The molecule has 98 valence electrons. The number of carbonyl (C=O) groups excluding carboxylic acids is 1. The van der Waals surface area contributed by atoms with Crippen molar-refractivity contribution < 1.29 is 18.0 Å². The zero-order valence-corrected chi connectivity index (χ0v) is 9.58. The lowest BCUT2D eigenvalue weighted by Crippen LogP contribution is -2.15. The minimum absolute atomic E-state index is 0.186. The molecule has 1 amide bonds. The van der Waals surface area contributed by atoms with Crippen molar-refractivity contribution in [2.24, 2.45) is 0 Å². The number of carbonyl (C=O) groups is 1. The van der Waals surface area contributed by atoms with Gasteiger partial charge in [0.05, 0.1) is 11.3 Å². The highest BCUT2D eigenvalue weighted by Gasteiger charge is 2.14. The van der Waals surface area contributed by atoms with E-state index in [1.807, 2.05) is 0 Å². The second-order valence-electron chi connectivity index (χ2n) is 3.82. The molecule has 0 heterocycles. The molecule has 6 heteroatoms. The Bertz CT molecular complexity index is 644. The third-order valence-electron chi connectivity index (χ3n) is 2.41. The summed E-state index contributed by atoms with van der Waals surface area (Å²) in [6.07, 6.45) is 0. The molecular formula is C13H9F3N2O. The monoisotopic (exact) mass is 266 g/mol. The van der Waals surface area contributed by atoms with Gasteiger partial charge in [0.1, 0.15) is 17.5 Å². The molecule has 0 radical (unpaired) electrons. The van der Waals surface area contributed by atoms with Crippen LogP contribution in [0.1, 0.15) is 10.4 Å². The van der Waals surface area contributed by atoms with Crippen LogP contribution in [0.4, 0.5) is 24.5 Å². The second kappa shape index (κ2) is 5.01. The van der Waals surface area contributed by atoms with Crippen LogP contribution in [-0.4, -0.2) is 5.91 Å². The summed E-state index contributed by atoms with van der Waals surface area (Å²) in [5.41, 5.74) is 4.91. The molecule has 3 N–H and O–H groups in total. The maximum atomic E-state index is 13.4. The van der Waals surface area contributed by atoms with Gasteiger partial charge in [-0.1, -0.05) is 0 Å². The van der Waals surface area contributed by atoms with Crippen molar-refractivity contribution in [2.45, 2.75) is 0 Å². The summed E-state index contributed by atoms with van der Waals surface area (Å²) in [6.45, 7) is 0. The highest BCUT2D eigenvalue weighted by Crippen LogP contribution is 2.18. The van der Waals surface area contributed by atoms with Gasteiger partial charge in [0.2, 0.25) is 0 Å². The van der Waals surface area contributed by atoms with E-state index in [0.717, 1.165) is 30.3 Å². The van der Waals surface area contributed by atoms with Crippen LogP contribution in [0.3, 0.4) is 0 Å². The smallest absolute Gasteiger partial charge is 0.258 e. The SMILES string of the molecule is Nc1ccc(F)c(C(=O)Nc2cc(F)ccc2F)c1. The lowest BCUT2D eigenvalue weighted by Gasteiger charge is -2.08. The number of hydrogen-bond donors (Lipinski definition) is 2. The van der Waals surface area contributed by atoms with Crippen molar-refractivity contribution in [1.29, 1.82) is 0 Å². The Balaban J connectivity index is 2.30. The van der Waals surface area contributed by atoms with E-state index in [-0.39, 0.29) is 16.9 Å². The van der Waals surface area contributed by atoms with E-state index < -0.39 is 23.4 Å². The first-order chi connectivity index (χ1) is 8.97. The van der Waals surface area contributed by atoms with E-state index in [1.54, 1.807) is 0 Å². The van der Waals surface area contributed by atoms with Crippen molar-refractivity contribution in [3.05, 3.63) is 59.4 Å². The highest BCUT2D eigenvalue weighted by atomic mass is 19.1. The largest absolute Gasteiger partial charge is 0.399 e. The maximum absolute atomic E-state index is 13.4. The van der Waals surface area contributed by atoms with Gasteiger partial charge in [0, 0.05) is 11.8 Å². The van der Waals surface area contributed by atoms with Crippen LogP contribution in [0.5, 0.6) is 0 Å². The van der Waals surface area contributed by atoms with E-state index in [4.69, 9.17) is 5.73 Å². The molecule has 2 aromatic rings. The quantitative estimate of drug-likeness (QED) is 0.821. The molecule has 0 fully saturated rings. The molecule has 0 aromatic heterocycles. The van der Waals surface area contributed by atoms with Crippen molar-refractivity contribution in [1.82, 2.24) is 0 Å². The Kier molecular flexibility index (Phi) is 3.41. The number of anilines is 2. The summed E-state index contributed by atoms with van der Waals surface area (Å²) in [5, 5.41) is 2.09. The van der Waals surface area contributed by atoms with Gasteiger partial charge < -0.3 is 11.1 Å². The van der Waals surface area contributed by atoms with E-state index in [2.05, 4.69) is 5.32 Å². The summed E-state index contributed by atoms with van der Waals surface area (Å²) < 4.78 is 39.7. The van der Waals surface area contributed by atoms with Crippen LogP contribution in [0.15, 0.2) is 36.4 Å². The molecule has 3 nitrogen and oxygen atoms in total. The number of benzene rings is 2. The first-order valence-electron chi connectivity index (χ1n) is 5.29. The number of hydrogen-bond acceptors (Lipinski definition) is 2. The highest BCUT2D eigenvalue weighted by molar-refractivity contribution is 6.05. The van der Waals surface area contributed by atoms with Gasteiger partial charge in [-0.2, -0.15) is 0 Å². The molecule has 2 aromatic carbocycles. The van der Waals surface area contributed by atoms with Gasteiger partial charge >= 0.3 is 0 Å². The number of nitrogens with one attached hydrogen (secondary N) is 1. The minimum atomic E-state index is -0.908. The molecular weight excluding hydrogens is 257 g/mol. The van der Waals surface area contributed by atoms with Crippen molar-refractivity contribution in [3.63, 3.8) is 0 Å². The fourth-order valence-corrected chi connectivity index (χ4v) is 1.50. The number of nitrogen functional groups attached to an aromatic ring is 1. The van der Waals surface area contributed by atoms with E-state index >= 15 is 0 Å². The summed E-state index contributed by atoms with van der Waals surface area (Å²) in [7, 11) is 0. The summed E-state index contributed by atoms with van der Waals surface area (Å²) in [5.74, 6) is -3.25. The Morgan fingerprint density at radius 1 is 1.00 bits per heavy atom. The third kappa shape index (κ3) is 2.85. The second-order valence-corrected chi connectivity index (χ2v) is 3.82. The standard InChI is InChI=1S/C13H9F3N2O/c14-7-1-3-11(16)12(5-7)18-13(19)9-6-8(17)2-4-10(9)15/h1-6H,17H2,(H,18,19). The molecule has 19 heavy (non-hydrogen) atoms. The summed E-state index contributed by atoms with van der Waals surface area (Å²) in [4.78, 5) is 11.8. The summed E-state index contributed by atoms with van der Waals surface area (Å²) >= 11 is 0. The van der Waals surface area contributed by atoms with Crippen LogP contribution >= 0.6 is 0 Å². The van der Waals surface area contributed by atoms with E-state index in [1.165, 1.54) is 6.07 Å². The van der Waals surface area contributed by atoms with Crippen LogP contribution in [0.25, 0.3) is 0 Å². The van der Waals surface area contributed by atoms with E-state index in [0.29, 0.717) is 0 Å². The predicted octanol–water partition coefficient (Wildman–Crippen LogP) is 2.94. The van der Waals surface area contributed by atoms with Crippen LogP contribution < -0.4 is 11.1 Å². The summed E-state index contributed by atoms with van der Waals surface area (Å²) in [6, 6.07) is 5.99. The number of halogens is 3. The topological polar surface area (TPSA) is 55.1 Å². The first kappa shape index (κ1) is 12.9. The average molecular weight is 266 g/mol. The fraction of sp³-hybridized carbons (Fsp3) is 0. The number of nitrogens with two attached hydrogens (primary N) is 1. The van der Waals surface area contributed by atoms with Crippen LogP contribution in [-0.2, 0) is 0 Å². The molecule has 0 bridgehead atoms. The Hall–Kier alpha value is -2.50. The molecule has 0 atom stereocenters. The number of rotatable bonds is 2. The van der Waals surface area contributed by atoms with Crippen LogP contribution in [0.2, 0.25) is 0 Å². The van der Waals surface area contributed by atoms with Gasteiger partial charge in [0.15, 0.2) is 0 Å². The molecule has 0 unspecified atom stereocenters. The van der Waals surface area contributed by atoms with Gasteiger partial charge in [-0.25, -0.2) is 13.2 Å².